The number of carbonyl (C=O) groups excluding carboxylic acids is 1. The molecule has 1 aromatic carbocycles. The molecule has 5 nitrogen and oxygen atoms in total. The molecule has 0 aliphatic rings. The monoisotopic (exact) mass is 253 g/mol. The van der Waals surface area contributed by atoms with Gasteiger partial charge in [0.2, 0.25) is 0 Å². The molecule has 0 aliphatic heterocycles. The molecule has 0 fully saturated rings. The lowest BCUT2D eigenvalue weighted by atomic mass is 10.1. The van der Waals surface area contributed by atoms with Gasteiger partial charge in [-0.2, -0.15) is 0 Å². The first-order chi connectivity index (χ1) is 8.19. The number of amides is 1. The summed E-state index contributed by atoms with van der Waals surface area (Å²) in [6.07, 6.45) is -0.525. The SMILES string of the molecule is CC(NC(=O)OC(C)(C)C)c1ccc(O)c(O)c1. The number of nitrogens with one attached hydrogen (secondary N) is 1. The van der Waals surface area contributed by atoms with E-state index in [1.165, 1.54) is 12.1 Å². The molecular formula is C13H19NO4. The van der Waals surface area contributed by atoms with Crippen molar-refractivity contribution in [3.63, 3.8) is 0 Å². The number of aromatic hydroxyl groups is 2. The van der Waals surface area contributed by atoms with Crippen molar-refractivity contribution in [1.82, 2.24) is 5.32 Å². The van der Waals surface area contributed by atoms with E-state index in [4.69, 9.17) is 4.74 Å². The van der Waals surface area contributed by atoms with Gasteiger partial charge in [0.05, 0.1) is 6.04 Å². The highest BCUT2D eigenvalue weighted by Crippen LogP contribution is 2.27. The molecule has 0 aromatic heterocycles. The van der Waals surface area contributed by atoms with Crippen LogP contribution in [-0.4, -0.2) is 21.9 Å². The van der Waals surface area contributed by atoms with E-state index in [0.717, 1.165) is 0 Å². The average molecular weight is 253 g/mol. The highest BCUT2D eigenvalue weighted by molar-refractivity contribution is 5.68. The summed E-state index contributed by atoms with van der Waals surface area (Å²) in [6, 6.07) is 4.07. The van der Waals surface area contributed by atoms with Crippen LogP contribution < -0.4 is 5.32 Å². The lowest BCUT2D eigenvalue weighted by molar-refractivity contribution is 0.0508. The molecule has 18 heavy (non-hydrogen) atoms. The number of ether oxygens (including phenoxy) is 1. The maximum absolute atomic E-state index is 11.5. The topological polar surface area (TPSA) is 78.8 Å². The van der Waals surface area contributed by atoms with Crippen LogP contribution in [0.2, 0.25) is 0 Å². The third-order valence-corrected chi connectivity index (χ3v) is 2.23. The Kier molecular flexibility index (Phi) is 4.06. The highest BCUT2D eigenvalue weighted by atomic mass is 16.6. The van der Waals surface area contributed by atoms with Crippen molar-refractivity contribution in [2.45, 2.75) is 39.3 Å². The number of phenolic OH excluding ortho intramolecular Hbond substituents is 2. The maximum Gasteiger partial charge on any atom is 0.408 e. The highest BCUT2D eigenvalue weighted by Gasteiger charge is 2.18. The van der Waals surface area contributed by atoms with Gasteiger partial charge in [0.15, 0.2) is 11.5 Å². The molecule has 1 amide bonds. The van der Waals surface area contributed by atoms with Crippen molar-refractivity contribution in [2.75, 3.05) is 0 Å². The summed E-state index contributed by atoms with van der Waals surface area (Å²) in [4.78, 5) is 11.5. The van der Waals surface area contributed by atoms with Crippen LogP contribution in [0.5, 0.6) is 11.5 Å². The molecule has 1 aromatic rings. The van der Waals surface area contributed by atoms with E-state index in [-0.39, 0.29) is 17.5 Å². The van der Waals surface area contributed by atoms with Crippen molar-refractivity contribution in [1.29, 1.82) is 0 Å². The van der Waals surface area contributed by atoms with E-state index in [9.17, 15) is 15.0 Å². The molecule has 1 unspecified atom stereocenters. The third kappa shape index (κ3) is 4.16. The fraction of sp³-hybridized carbons (Fsp3) is 0.462. The first-order valence-electron chi connectivity index (χ1n) is 5.70. The second-order valence-electron chi connectivity index (χ2n) is 5.12. The van der Waals surface area contributed by atoms with E-state index >= 15 is 0 Å². The van der Waals surface area contributed by atoms with Gasteiger partial charge in [-0.1, -0.05) is 6.07 Å². The van der Waals surface area contributed by atoms with Gasteiger partial charge in [-0.3, -0.25) is 0 Å². The van der Waals surface area contributed by atoms with Crippen LogP contribution in [0.25, 0.3) is 0 Å². The standard InChI is InChI=1S/C13H19NO4/c1-8(14-12(17)18-13(2,3)4)9-5-6-10(15)11(16)7-9/h5-8,15-16H,1-4H3,(H,14,17). The Balaban J connectivity index is 2.68. The van der Waals surface area contributed by atoms with Gasteiger partial charge in [0, 0.05) is 0 Å². The molecule has 1 rings (SSSR count). The van der Waals surface area contributed by atoms with E-state index in [2.05, 4.69) is 5.32 Å². The summed E-state index contributed by atoms with van der Waals surface area (Å²) in [5.41, 5.74) is 0.122. The second-order valence-corrected chi connectivity index (χ2v) is 5.12. The van der Waals surface area contributed by atoms with Crippen molar-refractivity contribution < 1.29 is 19.7 Å². The number of rotatable bonds is 2. The summed E-state index contributed by atoms with van der Waals surface area (Å²) in [6.45, 7) is 7.10. The zero-order chi connectivity index (χ0) is 13.9. The predicted octanol–water partition coefficient (Wildman–Crippen LogP) is 2.68. The lowest BCUT2D eigenvalue weighted by Crippen LogP contribution is -2.34. The van der Waals surface area contributed by atoms with Crippen LogP contribution in [0.4, 0.5) is 4.79 Å². The maximum atomic E-state index is 11.5. The molecular weight excluding hydrogens is 234 g/mol. The molecule has 100 valence electrons. The summed E-state index contributed by atoms with van der Waals surface area (Å²) >= 11 is 0. The Morgan fingerprint density at radius 1 is 1.28 bits per heavy atom. The molecule has 0 radical (unpaired) electrons. The predicted molar refractivity (Wildman–Crippen MR) is 67.6 cm³/mol. The number of hydrogen-bond donors (Lipinski definition) is 3. The number of alkyl carbamates (subject to hydrolysis) is 1. The van der Waals surface area contributed by atoms with Gasteiger partial charge in [0.25, 0.3) is 0 Å². The van der Waals surface area contributed by atoms with Crippen LogP contribution in [0.1, 0.15) is 39.3 Å². The van der Waals surface area contributed by atoms with Crippen molar-refractivity contribution in [3.8, 4) is 11.5 Å². The van der Waals surface area contributed by atoms with Gasteiger partial charge in [-0.05, 0) is 45.4 Å². The Morgan fingerprint density at radius 3 is 2.39 bits per heavy atom. The summed E-state index contributed by atoms with van der Waals surface area (Å²) in [7, 11) is 0. The molecule has 5 heteroatoms. The van der Waals surface area contributed by atoms with Gasteiger partial charge in [-0.15, -0.1) is 0 Å². The van der Waals surface area contributed by atoms with Gasteiger partial charge in [0.1, 0.15) is 5.60 Å². The number of carbonyl (C=O) groups is 1. The largest absolute Gasteiger partial charge is 0.504 e. The normalized spacial score (nSPS) is 12.9. The zero-order valence-corrected chi connectivity index (χ0v) is 11.0. The van der Waals surface area contributed by atoms with Gasteiger partial charge < -0.3 is 20.3 Å². The number of hydrogen-bond acceptors (Lipinski definition) is 4. The summed E-state index contributed by atoms with van der Waals surface area (Å²) < 4.78 is 5.12. The Morgan fingerprint density at radius 2 is 1.89 bits per heavy atom. The van der Waals surface area contributed by atoms with E-state index in [1.807, 2.05) is 0 Å². The first-order valence-corrected chi connectivity index (χ1v) is 5.70. The first kappa shape index (κ1) is 14.2. The smallest absolute Gasteiger partial charge is 0.408 e. The van der Waals surface area contributed by atoms with Crippen LogP contribution >= 0.6 is 0 Å². The van der Waals surface area contributed by atoms with Crippen molar-refractivity contribution >= 4 is 6.09 Å². The lowest BCUT2D eigenvalue weighted by Gasteiger charge is -2.22. The van der Waals surface area contributed by atoms with Gasteiger partial charge in [-0.25, -0.2) is 4.79 Å². The fourth-order valence-corrected chi connectivity index (χ4v) is 1.38. The van der Waals surface area contributed by atoms with E-state index < -0.39 is 11.7 Å². The zero-order valence-electron chi connectivity index (χ0n) is 11.0. The molecule has 0 saturated carbocycles. The van der Waals surface area contributed by atoms with Crippen molar-refractivity contribution in [2.24, 2.45) is 0 Å². The Hall–Kier alpha value is -1.91. The third-order valence-electron chi connectivity index (χ3n) is 2.23. The molecule has 3 N–H and O–H groups in total. The number of phenols is 2. The molecule has 0 aliphatic carbocycles. The van der Waals surface area contributed by atoms with Crippen LogP contribution in [-0.2, 0) is 4.74 Å². The number of benzene rings is 1. The summed E-state index contributed by atoms with van der Waals surface area (Å²) in [5, 5.41) is 21.2. The van der Waals surface area contributed by atoms with E-state index in [0.29, 0.717) is 5.56 Å². The van der Waals surface area contributed by atoms with Crippen molar-refractivity contribution in [3.05, 3.63) is 23.8 Å². The Bertz CT molecular complexity index is 437. The fourth-order valence-electron chi connectivity index (χ4n) is 1.38. The summed E-state index contributed by atoms with van der Waals surface area (Å²) in [5.74, 6) is -0.409. The molecule has 0 spiro atoms. The van der Waals surface area contributed by atoms with Gasteiger partial charge >= 0.3 is 6.09 Å². The van der Waals surface area contributed by atoms with Crippen LogP contribution in [0.3, 0.4) is 0 Å². The van der Waals surface area contributed by atoms with Crippen LogP contribution in [0, 0.1) is 0 Å². The minimum Gasteiger partial charge on any atom is -0.504 e. The van der Waals surface area contributed by atoms with Crippen LogP contribution in [0.15, 0.2) is 18.2 Å². The molecule has 1 atom stereocenters. The Labute approximate surface area is 106 Å². The molecule has 0 bridgehead atoms. The minimum atomic E-state index is -0.555. The second kappa shape index (κ2) is 5.16. The molecule has 0 heterocycles. The van der Waals surface area contributed by atoms with E-state index in [1.54, 1.807) is 33.8 Å². The molecule has 0 saturated heterocycles. The quantitative estimate of drug-likeness (QED) is 0.708. The minimum absolute atomic E-state index is 0.191. The average Bonchev–Trinajstić information content (AvgIpc) is 2.18.